The van der Waals surface area contributed by atoms with Crippen LogP contribution in [0.5, 0.6) is 0 Å². The van der Waals surface area contributed by atoms with E-state index in [9.17, 15) is 0 Å². The normalized spacial score (nSPS) is 10.4. The van der Waals surface area contributed by atoms with Gasteiger partial charge in [-0.1, -0.05) is 60.7 Å². The fourth-order valence-corrected chi connectivity index (χ4v) is 2.97. The number of rotatable bonds is 4. The number of halogens is 1. The van der Waals surface area contributed by atoms with Crippen LogP contribution in [0.2, 0.25) is 0 Å². The molecule has 0 bridgehead atoms. The summed E-state index contributed by atoms with van der Waals surface area (Å²) in [6.45, 7) is 0.695. The Morgan fingerprint density at radius 2 is 1.64 bits per heavy atom. The van der Waals surface area contributed by atoms with E-state index in [4.69, 9.17) is 5.26 Å². The molecule has 4 heteroatoms. The largest absolute Gasteiger partial charge is 0.322 e. The zero-order valence-corrected chi connectivity index (χ0v) is 13.5. The standard InChI is InChI=1S/C18H14BrN3/c19-17-16(11-12-20)22(13-14-7-3-1-4-8-14)18(21-17)15-9-5-2-6-10-15/h1-10H,11,13H2. The van der Waals surface area contributed by atoms with Gasteiger partial charge in [-0.15, -0.1) is 0 Å². The van der Waals surface area contributed by atoms with Gasteiger partial charge in [0.2, 0.25) is 0 Å². The van der Waals surface area contributed by atoms with Gasteiger partial charge in [-0.25, -0.2) is 4.98 Å². The minimum atomic E-state index is 0.327. The first-order chi connectivity index (χ1) is 10.8. The van der Waals surface area contributed by atoms with E-state index >= 15 is 0 Å². The van der Waals surface area contributed by atoms with Crippen molar-refractivity contribution in [3.8, 4) is 17.5 Å². The Labute approximate surface area is 138 Å². The average molecular weight is 352 g/mol. The third kappa shape index (κ3) is 2.95. The predicted molar refractivity (Wildman–Crippen MR) is 90.2 cm³/mol. The molecule has 0 spiro atoms. The van der Waals surface area contributed by atoms with Crippen LogP contribution < -0.4 is 0 Å². The summed E-state index contributed by atoms with van der Waals surface area (Å²) >= 11 is 3.50. The Hall–Kier alpha value is -2.38. The van der Waals surface area contributed by atoms with E-state index in [0.717, 1.165) is 21.7 Å². The Morgan fingerprint density at radius 1 is 1.00 bits per heavy atom. The van der Waals surface area contributed by atoms with Crippen LogP contribution in [-0.2, 0) is 13.0 Å². The molecule has 0 radical (unpaired) electrons. The van der Waals surface area contributed by atoms with Gasteiger partial charge in [0.25, 0.3) is 0 Å². The first-order valence-corrected chi connectivity index (χ1v) is 7.80. The molecule has 0 aliphatic heterocycles. The number of hydrogen-bond donors (Lipinski definition) is 0. The minimum Gasteiger partial charge on any atom is -0.322 e. The average Bonchev–Trinajstić information content (AvgIpc) is 2.86. The molecule has 2 aromatic carbocycles. The third-order valence-electron chi connectivity index (χ3n) is 3.49. The topological polar surface area (TPSA) is 41.6 Å². The van der Waals surface area contributed by atoms with Gasteiger partial charge >= 0.3 is 0 Å². The summed E-state index contributed by atoms with van der Waals surface area (Å²) < 4.78 is 2.85. The molecule has 1 aromatic heterocycles. The van der Waals surface area contributed by atoms with E-state index in [2.05, 4.69) is 43.7 Å². The van der Waals surface area contributed by atoms with Crippen molar-refractivity contribution >= 4 is 15.9 Å². The van der Waals surface area contributed by atoms with Gasteiger partial charge in [0.15, 0.2) is 0 Å². The molecule has 3 aromatic rings. The maximum absolute atomic E-state index is 9.10. The summed E-state index contributed by atoms with van der Waals surface area (Å²) in [5.41, 5.74) is 3.14. The van der Waals surface area contributed by atoms with E-state index in [0.29, 0.717) is 13.0 Å². The molecule has 22 heavy (non-hydrogen) atoms. The maximum atomic E-state index is 9.10. The summed E-state index contributed by atoms with van der Waals surface area (Å²) in [5.74, 6) is 0.876. The zero-order valence-electron chi connectivity index (χ0n) is 11.9. The van der Waals surface area contributed by atoms with Crippen LogP contribution >= 0.6 is 15.9 Å². The van der Waals surface area contributed by atoms with Gasteiger partial charge in [0.05, 0.1) is 18.2 Å². The first-order valence-electron chi connectivity index (χ1n) is 7.01. The molecule has 0 unspecified atom stereocenters. The fourth-order valence-electron chi connectivity index (χ4n) is 2.44. The Balaban J connectivity index is 2.11. The molecule has 0 atom stereocenters. The van der Waals surface area contributed by atoms with Crippen LogP contribution in [0, 0.1) is 11.3 Å². The smallest absolute Gasteiger partial charge is 0.141 e. The van der Waals surface area contributed by atoms with Crippen LogP contribution in [0.3, 0.4) is 0 Å². The van der Waals surface area contributed by atoms with E-state index in [1.165, 1.54) is 5.56 Å². The number of nitrogens with zero attached hydrogens (tertiary/aromatic N) is 3. The summed E-state index contributed by atoms with van der Waals surface area (Å²) in [6, 6.07) is 22.5. The van der Waals surface area contributed by atoms with Crippen molar-refractivity contribution in [1.29, 1.82) is 5.26 Å². The predicted octanol–water partition coefficient (Wildman–Crippen LogP) is 4.43. The lowest BCUT2D eigenvalue weighted by atomic mass is 10.2. The molecule has 3 rings (SSSR count). The molecule has 0 N–H and O–H groups in total. The molecule has 0 aliphatic rings. The van der Waals surface area contributed by atoms with Crippen molar-refractivity contribution in [2.24, 2.45) is 0 Å². The molecule has 0 saturated heterocycles. The van der Waals surface area contributed by atoms with E-state index in [-0.39, 0.29) is 0 Å². The van der Waals surface area contributed by atoms with Gasteiger partial charge in [-0.05, 0) is 21.5 Å². The second kappa shape index (κ2) is 6.59. The molecule has 0 fully saturated rings. The van der Waals surface area contributed by atoms with Gasteiger partial charge in [0.1, 0.15) is 10.4 Å². The van der Waals surface area contributed by atoms with Gasteiger partial charge < -0.3 is 4.57 Å². The summed E-state index contributed by atoms with van der Waals surface area (Å²) in [6.07, 6.45) is 0.327. The highest BCUT2D eigenvalue weighted by atomic mass is 79.9. The van der Waals surface area contributed by atoms with Gasteiger partial charge in [0, 0.05) is 12.1 Å². The summed E-state index contributed by atoms with van der Waals surface area (Å²) in [5, 5.41) is 9.10. The fraction of sp³-hybridized carbons (Fsp3) is 0.111. The second-order valence-corrected chi connectivity index (χ2v) is 5.70. The van der Waals surface area contributed by atoms with E-state index in [1.54, 1.807) is 0 Å². The summed E-state index contributed by atoms with van der Waals surface area (Å²) in [7, 11) is 0. The van der Waals surface area contributed by atoms with E-state index in [1.807, 2.05) is 48.5 Å². The highest BCUT2D eigenvalue weighted by Crippen LogP contribution is 2.27. The minimum absolute atomic E-state index is 0.327. The second-order valence-electron chi connectivity index (χ2n) is 4.95. The quantitative estimate of drug-likeness (QED) is 0.697. The molecule has 0 aliphatic carbocycles. The number of imidazole rings is 1. The highest BCUT2D eigenvalue weighted by molar-refractivity contribution is 9.10. The lowest BCUT2D eigenvalue weighted by molar-refractivity contribution is 0.766. The van der Waals surface area contributed by atoms with Crippen molar-refractivity contribution in [3.05, 3.63) is 76.5 Å². The van der Waals surface area contributed by atoms with Crippen molar-refractivity contribution in [2.75, 3.05) is 0 Å². The molecule has 108 valence electrons. The molecular weight excluding hydrogens is 338 g/mol. The van der Waals surface area contributed by atoms with Gasteiger partial charge in [-0.2, -0.15) is 5.26 Å². The van der Waals surface area contributed by atoms with Crippen molar-refractivity contribution in [1.82, 2.24) is 9.55 Å². The Bertz CT molecular complexity index is 802. The Kier molecular flexibility index (Phi) is 4.36. The molecule has 0 amide bonds. The molecule has 0 saturated carbocycles. The number of benzene rings is 2. The van der Waals surface area contributed by atoms with Gasteiger partial charge in [-0.3, -0.25) is 0 Å². The monoisotopic (exact) mass is 351 g/mol. The molecule has 1 heterocycles. The summed E-state index contributed by atoms with van der Waals surface area (Å²) in [4.78, 5) is 4.62. The van der Waals surface area contributed by atoms with Crippen LogP contribution in [-0.4, -0.2) is 9.55 Å². The third-order valence-corrected chi connectivity index (χ3v) is 4.12. The maximum Gasteiger partial charge on any atom is 0.141 e. The van der Waals surface area contributed by atoms with Crippen molar-refractivity contribution < 1.29 is 0 Å². The lowest BCUT2D eigenvalue weighted by Crippen LogP contribution is -2.06. The number of aromatic nitrogens is 2. The molecular formula is C18H14BrN3. The highest BCUT2D eigenvalue weighted by Gasteiger charge is 2.16. The Morgan fingerprint density at radius 3 is 2.27 bits per heavy atom. The first kappa shape index (κ1) is 14.6. The number of nitriles is 1. The van der Waals surface area contributed by atoms with Crippen molar-refractivity contribution in [3.63, 3.8) is 0 Å². The van der Waals surface area contributed by atoms with Crippen LogP contribution in [0.1, 0.15) is 11.3 Å². The number of hydrogen-bond acceptors (Lipinski definition) is 2. The van der Waals surface area contributed by atoms with Crippen LogP contribution in [0.15, 0.2) is 65.3 Å². The van der Waals surface area contributed by atoms with Crippen LogP contribution in [0.25, 0.3) is 11.4 Å². The van der Waals surface area contributed by atoms with Crippen molar-refractivity contribution in [2.45, 2.75) is 13.0 Å². The SMILES string of the molecule is N#CCc1c(Br)nc(-c2ccccc2)n1Cc1ccccc1. The zero-order chi connectivity index (χ0) is 15.4. The lowest BCUT2D eigenvalue weighted by Gasteiger charge is -2.11. The van der Waals surface area contributed by atoms with E-state index < -0.39 is 0 Å². The van der Waals surface area contributed by atoms with Crippen LogP contribution in [0.4, 0.5) is 0 Å². The molecule has 3 nitrogen and oxygen atoms in total.